The second kappa shape index (κ2) is 9.02. The molecule has 0 fully saturated rings. The van der Waals surface area contributed by atoms with E-state index in [1.165, 1.54) is 0 Å². The Balaban J connectivity index is 3.62. The first kappa shape index (κ1) is 21.2. The number of carboxylic acid groups (broad SMARTS) is 2. The van der Waals surface area contributed by atoms with E-state index >= 15 is 0 Å². The van der Waals surface area contributed by atoms with Gasteiger partial charge in [0.25, 0.3) is 0 Å². The highest BCUT2D eigenvalue weighted by atomic mass is 16.4. The molecule has 2 atom stereocenters. The van der Waals surface area contributed by atoms with E-state index in [4.69, 9.17) is 0 Å². The summed E-state index contributed by atoms with van der Waals surface area (Å²) in [5.41, 5.74) is 2.34. The summed E-state index contributed by atoms with van der Waals surface area (Å²) in [5, 5.41) is 19.6. The minimum absolute atomic E-state index is 0.113. The van der Waals surface area contributed by atoms with Crippen molar-refractivity contribution in [2.75, 3.05) is 0 Å². The number of carbonyl (C=O) groups is 2. The van der Waals surface area contributed by atoms with Gasteiger partial charge in [-0.25, -0.2) is 0 Å². The maximum Gasteiger partial charge on any atom is 0.311 e. The predicted molar refractivity (Wildman–Crippen MR) is 100 cm³/mol. The molecule has 1 aromatic rings. The molecule has 1 rings (SSSR count). The van der Waals surface area contributed by atoms with Crippen LogP contribution in [-0.4, -0.2) is 22.2 Å². The smallest absolute Gasteiger partial charge is 0.311 e. The summed E-state index contributed by atoms with van der Waals surface area (Å²) < 4.78 is 0. The van der Waals surface area contributed by atoms with Crippen LogP contribution in [0, 0.1) is 17.8 Å². The zero-order chi connectivity index (χ0) is 19.3. The van der Waals surface area contributed by atoms with E-state index in [0.29, 0.717) is 17.0 Å². The van der Waals surface area contributed by atoms with Crippen LogP contribution in [0.5, 0.6) is 0 Å². The van der Waals surface area contributed by atoms with Crippen LogP contribution in [0.1, 0.15) is 76.5 Å². The predicted octanol–water partition coefficient (Wildman–Crippen LogP) is 4.92. The van der Waals surface area contributed by atoms with Gasteiger partial charge in [0.05, 0.1) is 11.8 Å². The molecular formula is C21H32O4. The average Bonchev–Trinajstić information content (AvgIpc) is 2.45. The highest BCUT2D eigenvalue weighted by Crippen LogP contribution is 2.38. The fourth-order valence-electron chi connectivity index (χ4n) is 3.46. The molecule has 0 amide bonds. The molecule has 0 saturated heterocycles. The Morgan fingerprint density at radius 1 is 0.880 bits per heavy atom. The normalized spacial score (nSPS) is 14.1. The molecule has 140 valence electrons. The number of rotatable bonds is 9. The van der Waals surface area contributed by atoms with Crippen molar-refractivity contribution < 1.29 is 19.8 Å². The minimum atomic E-state index is -0.898. The lowest BCUT2D eigenvalue weighted by atomic mass is 9.76. The van der Waals surface area contributed by atoms with Crippen LogP contribution in [0.3, 0.4) is 0 Å². The van der Waals surface area contributed by atoms with E-state index in [9.17, 15) is 19.8 Å². The Bertz CT molecular complexity index is 602. The number of hydrogen-bond donors (Lipinski definition) is 2. The number of benzene rings is 1. The van der Waals surface area contributed by atoms with Gasteiger partial charge in [0.2, 0.25) is 0 Å². The summed E-state index contributed by atoms with van der Waals surface area (Å²) >= 11 is 0. The summed E-state index contributed by atoms with van der Waals surface area (Å²) in [6, 6.07) is 5.62. The van der Waals surface area contributed by atoms with Gasteiger partial charge in [0.1, 0.15) is 0 Å². The Morgan fingerprint density at radius 2 is 1.40 bits per heavy atom. The summed E-state index contributed by atoms with van der Waals surface area (Å²) in [4.78, 5) is 23.9. The number of hydrogen-bond acceptors (Lipinski definition) is 2. The Hall–Kier alpha value is -1.84. The van der Waals surface area contributed by atoms with Crippen LogP contribution in [0.2, 0.25) is 0 Å². The van der Waals surface area contributed by atoms with Crippen molar-refractivity contribution >= 4 is 11.9 Å². The zero-order valence-corrected chi connectivity index (χ0v) is 16.2. The van der Waals surface area contributed by atoms with Gasteiger partial charge >= 0.3 is 11.9 Å². The number of carboxylic acids is 2. The van der Waals surface area contributed by atoms with Crippen molar-refractivity contribution in [1.29, 1.82) is 0 Å². The SMILES string of the molecule is CC(C)CCc1cccc(C(C(=O)O)C(C)C)c1C(C(=O)O)C(C)C. The molecule has 1 aromatic carbocycles. The summed E-state index contributed by atoms with van der Waals surface area (Å²) in [7, 11) is 0. The van der Waals surface area contributed by atoms with Crippen LogP contribution in [0.25, 0.3) is 0 Å². The summed E-state index contributed by atoms with van der Waals surface area (Å²) in [6.07, 6.45) is 1.71. The van der Waals surface area contributed by atoms with Crippen LogP contribution in [0.4, 0.5) is 0 Å². The van der Waals surface area contributed by atoms with Gasteiger partial charge in [0, 0.05) is 0 Å². The Kier molecular flexibility index (Phi) is 7.65. The molecule has 0 aliphatic carbocycles. The molecule has 0 aromatic heterocycles. The van der Waals surface area contributed by atoms with Crippen LogP contribution < -0.4 is 0 Å². The third-order valence-corrected chi connectivity index (χ3v) is 4.73. The largest absolute Gasteiger partial charge is 0.481 e. The molecule has 0 spiro atoms. The van der Waals surface area contributed by atoms with E-state index in [-0.39, 0.29) is 11.8 Å². The first-order valence-corrected chi connectivity index (χ1v) is 9.15. The highest BCUT2D eigenvalue weighted by Gasteiger charge is 2.34. The summed E-state index contributed by atoms with van der Waals surface area (Å²) in [6.45, 7) is 11.8. The lowest BCUT2D eigenvalue weighted by Gasteiger charge is -2.28. The van der Waals surface area contributed by atoms with E-state index in [1.807, 2.05) is 39.8 Å². The van der Waals surface area contributed by atoms with Gasteiger partial charge in [0.15, 0.2) is 0 Å². The molecule has 0 bridgehead atoms. The number of aliphatic carboxylic acids is 2. The molecule has 0 heterocycles. The van der Waals surface area contributed by atoms with Gasteiger partial charge in [-0.1, -0.05) is 59.7 Å². The second-order valence-electron chi connectivity index (χ2n) is 7.97. The van der Waals surface area contributed by atoms with Crippen molar-refractivity contribution in [2.24, 2.45) is 17.8 Å². The first-order chi connectivity index (χ1) is 11.6. The lowest BCUT2D eigenvalue weighted by molar-refractivity contribution is -0.141. The van der Waals surface area contributed by atoms with Crippen molar-refractivity contribution in [2.45, 2.75) is 66.2 Å². The molecule has 4 nitrogen and oxygen atoms in total. The van der Waals surface area contributed by atoms with E-state index in [1.54, 1.807) is 6.07 Å². The quantitative estimate of drug-likeness (QED) is 0.664. The highest BCUT2D eigenvalue weighted by molar-refractivity contribution is 5.81. The van der Waals surface area contributed by atoms with E-state index < -0.39 is 23.8 Å². The van der Waals surface area contributed by atoms with Gasteiger partial charge in [-0.3, -0.25) is 9.59 Å². The molecule has 25 heavy (non-hydrogen) atoms. The monoisotopic (exact) mass is 348 g/mol. The summed E-state index contributed by atoms with van der Waals surface area (Å²) in [5.74, 6) is -2.91. The van der Waals surface area contributed by atoms with Crippen LogP contribution in [0.15, 0.2) is 18.2 Å². The molecule has 0 aliphatic rings. The first-order valence-electron chi connectivity index (χ1n) is 9.15. The molecule has 2 unspecified atom stereocenters. The fraction of sp³-hybridized carbons (Fsp3) is 0.619. The second-order valence-corrected chi connectivity index (χ2v) is 7.97. The number of aryl methyl sites for hydroxylation is 1. The molecule has 0 aliphatic heterocycles. The average molecular weight is 348 g/mol. The van der Waals surface area contributed by atoms with Gasteiger partial charge in [-0.2, -0.15) is 0 Å². The van der Waals surface area contributed by atoms with Crippen molar-refractivity contribution in [1.82, 2.24) is 0 Å². The van der Waals surface area contributed by atoms with Gasteiger partial charge in [-0.05, 0) is 47.3 Å². The zero-order valence-electron chi connectivity index (χ0n) is 16.2. The third-order valence-electron chi connectivity index (χ3n) is 4.73. The fourth-order valence-corrected chi connectivity index (χ4v) is 3.46. The Labute approximate surface area is 151 Å². The standard InChI is InChI=1S/C21H32O4/c1-12(2)10-11-15-8-7-9-16(17(13(3)4)20(22)23)19(15)18(14(5)6)21(24)25/h7-9,12-14,17-18H,10-11H2,1-6H3,(H,22,23)(H,24,25). The molecule has 0 saturated carbocycles. The van der Waals surface area contributed by atoms with Gasteiger partial charge < -0.3 is 10.2 Å². The van der Waals surface area contributed by atoms with Crippen molar-refractivity contribution in [3.8, 4) is 0 Å². The van der Waals surface area contributed by atoms with E-state index in [2.05, 4.69) is 13.8 Å². The molecular weight excluding hydrogens is 316 g/mol. The molecule has 2 N–H and O–H groups in total. The maximum absolute atomic E-state index is 12.0. The van der Waals surface area contributed by atoms with Crippen molar-refractivity contribution in [3.63, 3.8) is 0 Å². The third kappa shape index (κ3) is 5.32. The minimum Gasteiger partial charge on any atom is -0.481 e. The topological polar surface area (TPSA) is 74.6 Å². The van der Waals surface area contributed by atoms with Crippen LogP contribution in [-0.2, 0) is 16.0 Å². The van der Waals surface area contributed by atoms with Crippen LogP contribution >= 0.6 is 0 Å². The van der Waals surface area contributed by atoms with Gasteiger partial charge in [-0.15, -0.1) is 0 Å². The maximum atomic E-state index is 12.0. The molecule has 4 heteroatoms. The lowest BCUT2D eigenvalue weighted by Crippen LogP contribution is -2.25. The molecule has 0 radical (unpaired) electrons. The van der Waals surface area contributed by atoms with Crippen molar-refractivity contribution in [3.05, 3.63) is 34.9 Å². The Morgan fingerprint density at radius 3 is 1.80 bits per heavy atom. The van der Waals surface area contributed by atoms with E-state index in [0.717, 1.165) is 18.4 Å².